The number of carbonyl (C=O) groups excluding carboxylic acids is 2. The van der Waals surface area contributed by atoms with Crippen molar-refractivity contribution >= 4 is 23.5 Å². The second-order valence-corrected chi connectivity index (χ2v) is 4.00. The van der Waals surface area contributed by atoms with Crippen molar-refractivity contribution in [1.29, 1.82) is 0 Å². The number of methoxy groups -OCH3 is 1. The van der Waals surface area contributed by atoms with Gasteiger partial charge in [0.05, 0.1) is 18.6 Å². The van der Waals surface area contributed by atoms with E-state index in [1.165, 1.54) is 19.2 Å². The Morgan fingerprint density at radius 3 is 2.50 bits per heavy atom. The Morgan fingerprint density at radius 2 is 1.95 bits per heavy atom. The molecular weight excluding hydrogens is 298 g/mol. The van der Waals surface area contributed by atoms with Crippen molar-refractivity contribution in [2.75, 3.05) is 20.2 Å². The summed E-state index contributed by atoms with van der Waals surface area (Å²) in [6.45, 7) is -1.02. The van der Waals surface area contributed by atoms with Crippen molar-refractivity contribution in [2.24, 2.45) is 0 Å². The standard InChI is InChI=1S/C12H13N3O7/c1-22-9-3-2-7(4-8(9)15(20)21)12(19)14-5-10(16)13-6-11(17)18/h2-4H,5-6H2,1H3,(H,13,16)(H,14,19)(H,17,18). The summed E-state index contributed by atoms with van der Waals surface area (Å²) < 4.78 is 4.80. The van der Waals surface area contributed by atoms with Gasteiger partial charge in [0.2, 0.25) is 5.91 Å². The fourth-order valence-corrected chi connectivity index (χ4v) is 1.47. The Hall–Kier alpha value is -3.17. The average Bonchev–Trinajstić information content (AvgIpc) is 2.49. The first kappa shape index (κ1) is 16.9. The summed E-state index contributed by atoms with van der Waals surface area (Å²) >= 11 is 0. The van der Waals surface area contributed by atoms with Gasteiger partial charge >= 0.3 is 11.7 Å². The number of nitro groups is 1. The van der Waals surface area contributed by atoms with Crippen molar-refractivity contribution < 1.29 is 29.2 Å². The van der Waals surface area contributed by atoms with Crippen molar-refractivity contribution in [3.63, 3.8) is 0 Å². The molecule has 0 saturated heterocycles. The maximum Gasteiger partial charge on any atom is 0.322 e. The molecule has 1 rings (SSSR count). The Morgan fingerprint density at radius 1 is 1.27 bits per heavy atom. The molecule has 118 valence electrons. The molecule has 0 atom stereocenters. The highest BCUT2D eigenvalue weighted by molar-refractivity contribution is 5.97. The molecular formula is C12H13N3O7. The van der Waals surface area contributed by atoms with Crippen molar-refractivity contribution in [3.05, 3.63) is 33.9 Å². The van der Waals surface area contributed by atoms with Gasteiger partial charge in [-0.1, -0.05) is 0 Å². The number of benzene rings is 1. The predicted molar refractivity (Wildman–Crippen MR) is 72.6 cm³/mol. The van der Waals surface area contributed by atoms with Crippen LogP contribution in [0.2, 0.25) is 0 Å². The molecule has 1 aromatic rings. The van der Waals surface area contributed by atoms with Crippen LogP contribution in [-0.4, -0.2) is 48.0 Å². The maximum absolute atomic E-state index is 11.8. The van der Waals surface area contributed by atoms with E-state index < -0.39 is 35.8 Å². The first-order valence-corrected chi connectivity index (χ1v) is 5.94. The van der Waals surface area contributed by atoms with E-state index in [1.54, 1.807) is 0 Å². The number of hydrogen-bond acceptors (Lipinski definition) is 6. The Balaban J connectivity index is 2.70. The molecule has 0 aliphatic carbocycles. The van der Waals surface area contributed by atoms with Gasteiger partial charge in [-0.15, -0.1) is 0 Å². The Bertz CT molecular complexity index is 615. The maximum atomic E-state index is 11.8. The van der Waals surface area contributed by atoms with Crippen LogP contribution in [0, 0.1) is 10.1 Å². The molecule has 10 heteroatoms. The molecule has 0 aliphatic heterocycles. The lowest BCUT2D eigenvalue weighted by molar-refractivity contribution is -0.385. The molecule has 3 N–H and O–H groups in total. The van der Waals surface area contributed by atoms with Crippen molar-refractivity contribution in [3.8, 4) is 5.75 Å². The van der Waals surface area contributed by atoms with E-state index in [-0.39, 0.29) is 17.0 Å². The third-order valence-electron chi connectivity index (χ3n) is 2.48. The second kappa shape index (κ2) is 7.57. The molecule has 0 radical (unpaired) electrons. The molecule has 0 heterocycles. The second-order valence-electron chi connectivity index (χ2n) is 4.00. The number of carboxylic acids is 1. The minimum atomic E-state index is -1.22. The molecule has 0 fully saturated rings. The summed E-state index contributed by atoms with van der Waals surface area (Å²) in [6, 6.07) is 3.58. The SMILES string of the molecule is COc1ccc(C(=O)NCC(=O)NCC(=O)O)cc1[N+](=O)[O-]. The lowest BCUT2D eigenvalue weighted by Gasteiger charge is -2.07. The summed E-state index contributed by atoms with van der Waals surface area (Å²) in [5.41, 5.74) is -0.413. The number of nitrogens with one attached hydrogen (secondary N) is 2. The van der Waals surface area contributed by atoms with E-state index in [9.17, 15) is 24.5 Å². The lowest BCUT2D eigenvalue weighted by Crippen LogP contribution is -2.39. The first-order valence-electron chi connectivity index (χ1n) is 5.94. The lowest BCUT2D eigenvalue weighted by atomic mass is 10.1. The van der Waals surface area contributed by atoms with Gasteiger partial charge in [0.15, 0.2) is 5.75 Å². The number of rotatable bonds is 7. The quantitative estimate of drug-likeness (QED) is 0.455. The fourth-order valence-electron chi connectivity index (χ4n) is 1.47. The van der Waals surface area contributed by atoms with Crippen LogP contribution in [0.5, 0.6) is 5.75 Å². The number of nitrogens with zero attached hydrogens (tertiary/aromatic N) is 1. The minimum absolute atomic E-state index is 0.000696. The van der Waals surface area contributed by atoms with Crippen LogP contribution in [-0.2, 0) is 9.59 Å². The third kappa shape index (κ3) is 4.74. The zero-order valence-electron chi connectivity index (χ0n) is 11.5. The molecule has 10 nitrogen and oxygen atoms in total. The van der Waals surface area contributed by atoms with Gasteiger partial charge in [0.25, 0.3) is 5.91 Å². The minimum Gasteiger partial charge on any atom is -0.490 e. The first-order chi connectivity index (χ1) is 10.3. The van der Waals surface area contributed by atoms with Crippen LogP contribution in [0.15, 0.2) is 18.2 Å². The molecule has 0 unspecified atom stereocenters. The number of carbonyl (C=O) groups is 3. The van der Waals surface area contributed by atoms with E-state index in [4.69, 9.17) is 9.84 Å². The number of hydrogen-bond donors (Lipinski definition) is 3. The highest BCUT2D eigenvalue weighted by Gasteiger charge is 2.18. The molecule has 0 spiro atoms. The van der Waals surface area contributed by atoms with Crippen LogP contribution < -0.4 is 15.4 Å². The summed E-state index contributed by atoms with van der Waals surface area (Å²) in [5.74, 6) is -2.62. The van der Waals surface area contributed by atoms with Crippen LogP contribution >= 0.6 is 0 Å². The van der Waals surface area contributed by atoms with Crippen LogP contribution in [0.3, 0.4) is 0 Å². The van der Waals surface area contributed by atoms with E-state index in [1.807, 2.05) is 0 Å². The zero-order valence-corrected chi connectivity index (χ0v) is 11.5. The summed E-state index contributed by atoms with van der Waals surface area (Å²) in [7, 11) is 1.26. The number of nitro benzene ring substituents is 1. The molecule has 0 aromatic heterocycles. The van der Waals surface area contributed by atoms with Gasteiger partial charge in [-0.3, -0.25) is 24.5 Å². The predicted octanol–water partition coefficient (Wildman–Crippen LogP) is -0.466. The monoisotopic (exact) mass is 311 g/mol. The largest absolute Gasteiger partial charge is 0.490 e. The molecule has 22 heavy (non-hydrogen) atoms. The van der Waals surface area contributed by atoms with E-state index in [2.05, 4.69) is 10.6 Å². The van der Waals surface area contributed by atoms with Gasteiger partial charge < -0.3 is 20.5 Å². The molecule has 2 amide bonds. The van der Waals surface area contributed by atoms with Crippen LogP contribution in [0.25, 0.3) is 0 Å². The topological polar surface area (TPSA) is 148 Å². The summed E-state index contributed by atoms with van der Waals surface area (Å²) in [6.07, 6.45) is 0. The number of amides is 2. The van der Waals surface area contributed by atoms with Gasteiger partial charge in [0.1, 0.15) is 6.54 Å². The number of ether oxygens (including phenoxy) is 1. The smallest absolute Gasteiger partial charge is 0.322 e. The zero-order chi connectivity index (χ0) is 16.7. The van der Waals surface area contributed by atoms with Gasteiger partial charge in [-0.25, -0.2) is 0 Å². The van der Waals surface area contributed by atoms with Gasteiger partial charge in [-0.05, 0) is 12.1 Å². The Labute approximate surface area is 124 Å². The van der Waals surface area contributed by atoms with E-state index >= 15 is 0 Å². The normalized spacial score (nSPS) is 9.68. The Kier molecular flexibility index (Phi) is 5.81. The van der Waals surface area contributed by atoms with Crippen molar-refractivity contribution in [1.82, 2.24) is 10.6 Å². The number of aliphatic carboxylic acids is 1. The molecule has 0 saturated carbocycles. The summed E-state index contributed by atoms with van der Waals surface area (Å²) in [5, 5.41) is 23.5. The average molecular weight is 311 g/mol. The highest BCUT2D eigenvalue weighted by atomic mass is 16.6. The van der Waals surface area contributed by atoms with Crippen LogP contribution in [0.4, 0.5) is 5.69 Å². The number of carboxylic acid groups (broad SMARTS) is 1. The van der Waals surface area contributed by atoms with Gasteiger partial charge in [-0.2, -0.15) is 0 Å². The van der Waals surface area contributed by atoms with Crippen molar-refractivity contribution in [2.45, 2.75) is 0 Å². The van der Waals surface area contributed by atoms with E-state index in [0.717, 1.165) is 6.07 Å². The third-order valence-corrected chi connectivity index (χ3v) is 2.48. The van der Waals surface area contributed by atoms with Crippen LogP contribution in [0.1, 0.15) is 10.4 Å². The molecule has 1 aromatic carbocycles. The molecule has 0 aliphatic rings. The molecule has 0 bridgehead atoms. The fraction of sp³-hybridized carbons (Fsp3) is 0.250. The highest BCUT2D eigenvalue weighted by Crippen LogP contribution is 2.27. The van der Waals surface area contributed by atoms with E-state index in [0.29, 0.717) is 0 Å². The summed E-state index contributed by atoms with van der Waals surface area (Å²) in [4.78, 5) is 43.4. The van der Waals surface area contributed by atoms with Gasteiger partial charge in [0, 0.05) is 11.6 Å².